The molecular weight excluding hydrogens is 302 g/mol. The molecular formula is C15H12BrN3. The van der Waals surface area contributed by atoms with Crippen LogP contribution in [0.5, 0.6) is 0 Å². The van der Waals surface area contributed by atoms with E-state index in [0.29, 0.717) is 0 Å². The van der Waals surface area contributed by atoms with Crippen LogP contribution in [0.25, 0.3) is 10.9 Å². The zero-order valence-electron chi connectivity index (χ0n) is 10.2. The van der Waals surface area contributed by atoms with Gasteiger partial charge < -0.3 is 5.32 Å². The maximum atomic E-state index is 4.32. The van der Waals surface area contributed by atoms with Crippen LogP contribution < -0.4 is 5.32 Å². The average Bonchev–Trinajstić information content (AvgIpc) is 2.46. The number of nitrogens with one attached hydrogen (secondary N) is 1. The van der Waals surface area contributed by atoms with Crippen molar-refractivity contribution >= 4 is 32.7 Å². The Morgan fingerprint density at radius 1 is 1.00 bits per heavy atom. The summed E-state index contributed by atoms with van der Waals surface area (Å²) in [5.41, 5.74) is 2.16. The first-order chi connectivity index (χ1) is 9.33. The van der Waals surface area contributed by atoms with Crippen molar-refractivity contribution in [2.24, 2.45) is 0 Å². The fraction of sp³-hybridized carbons (Fsp3) is 0.0667. The quantitative estimate of drug-likeness (QED) is 0.794. The lowest BCUT2D eigenvalue weighted by Gasteiger charge is -2.08. The first-order valence-corrected chi connectivity index (χ1v) is 6.80. The molecule has 0 radical (unpaired) electrons. The Morgan fingerprint density at radius 2 is 1.84 bits per heavy atom. The number of aromatic nitrogens is 2. The van der Waals surface area contributed by atoms with Gasteiger partial charge in [-0.15, -0.1) is 0 Å². The van der Waals surface area contributed by atoms with Gasteiger partial charge in [0.15, 0.2) is 0 Å². The molecule has 94 valence electrons. The highest BCUT2D eigenvalue weighted by molar-refractivity contribution is 9.10. The standard InChI is InChI=1S/C15H12BrN3/c16-12-6-7-14-13(8-12)15(19-10-18-14)17-9-11-4-2-1-3-5-11/h1-8,10H,9H2,(H,17,18,19). The molecule has 0 saturated heterocycles. The molecule has 1 heterocycles. The molecule has 0 aliphatic carbocycles. The summed E-state index contributed by atoms with van der Waals surface area (Å²) in [6.07, 6.45) is 1.59. The number of hydrogen-bond donors (Lipinski definition) is 1. The van der Waals surface area contributed by atoms with Crippen molar-refractivity contribution in [2.45, 2.75) is 6.54 Å². The summed E-state index contributed by atoms with van der Waals surface area (Å²) in [7, 11) is 0. The summed E-state index contributed by atoms with van der Waals surface area (Å²) in [5, 5.41) is 4.38. The SMILES string of the molecule is Brc1ccc2ncnc(NCc3ccccc3)c2c1. The number of benzene rings is 2. The van der Waals surface area contributed by atoms with Crippen molar-refractivity contribution in [1.29, 1.82) is 0 Å². The molecule has 1 N–H and O–H groups in total. The second-order valence-electron chi connectivity index (χ2n) is 4.22. The Morgan fingerprint density at radius 3 is 2.68 bits per heavy atom. The smallest absolute Gasteiger partial charge is 0.137 e. The van der Waals surface area contributed by atoms with Gasteiger partial charge in [0.25, 0.3) is 0 Å². The predicted molar refractivity (Wildman–Crippen MR) is 81.0 cm³/mol. The zero-order valence-corrected chi connectivity index (χ0v) is 11.8. The number of rotatable bonds is 3. The van der Waals surface area contributed by atoms with Crippen LogP contribution in [0.15, 0.2) is 59.3 Å². The predicted octanol–water partition coefficient (Wildman–Crippen LogP) is 4.00. The Hall–Kier alpha value is -1.94. The van der Waals surface area contributed by atoms with Gasteiger partial charge >= 0.3 is 0 Å². The molecule has 0 amide bonds. The van der Waals surface area contributed by atoms with Crippen LogP contribution in [0.1, 0.15) is 5.56 Å². The molecule has 4 heteroatoms. The van der Waals surface area contributed by atoms with E-state index >= 15 is 0 Å². The molecule has 2 aromatic carbocycles. The van der Waals surface area contributed by atoms with Gasteiger partial charge in [0.05, 0.1) is 5.52 Å². The third-order valence-corrected chi connectivity index (χ3v) is 3.39. The number of hydrogen-bond acceptors (Lipinski definition) is 3. The van der Waals surface area contributed by atoms with Gasteiger partial charge in [-0.05, 0) is 23.8 Å². The molecule has 0 atom stereocenters. The maximum Gasteiger partial charge on any atom is 0.137 e. The van der Waals surface area contributed by atoms with Crippen molar-refractivity contribution < 1.29 is 0 Å². The largest absolute Gasteiger partial charge is 0.365 e. The molecule has 0 bridgehead atoms. The Bertz CT molecular complexity index is 698. The first kappa shape index (κ1) is 12.1. The summed E-state index contributed by atoms with van der Waals surface area (Å²) in [4.78, 5) is 8.59. The van der Waals surface area contributed by atoms with Crippen LogP contribution in [-0.2, 0) is 6.54 Å². The minimum absolute atomic E-state index is 0.749. The van der Waals surface area contributed by atoms with E-state index in [1.165, 1.54) is 5.56 Å². The minimum Gasteiger partial charge on any atom is -0.365 e. The lowest BCUT2D eigenvalue weighted by Crippen LogP contribution is -2.02. The zero-order chi connectivity index (χ0) is 13.1. The van der Waals surface area contributed by atoms with E-state index in [1.54, 1.807) is 6.33 Å². The minimum atomic E-state index is 0.749. The van der Waals surface area contributed by atoms with Gasteiger partial charge in [0.1, 0.15) is 12.1 Å². The van der Waals surface area contributed by atoms with Gasteiger partial charge in [0, 0.05) is 16.4 Å². The van der Waals surface area contributed by atoms with Crippen molar-refractivity contribution in [3.8, 4) is 0 Å². The van der Waals surface area contributed by atoms with Crippen LogP contribution in [0.4, 0.5) is 5.82 Å². The Balaban J connectivity index is 1.90. The van der Waals surface area contributed by atoms with Crippen molar-refractivity contribution in [3.05, 3.63) is 64.9 Å². The molecule has 0 aliphatic heterocycles. The molecule has 0 fully saturated rings. The van der Waals surface area contributed by atoms with Gasteiger partial charge in [-0.1, -0.05) is 46.3 Å². The summed E-state index contributed by atoms with van der Waals surface area (Å²) >= 11 is 3.48. The van der Waals surface area contributed by atoms with E-state index < -0.39 is 0 Å². The highest BCUT2D eigenvalue weighted by Crippen LogP contribution is 2.23. The summed E-state index contributed by atoms with van der Waals surface area (Å²) in [5.74, 6) is 0.857. The van der Waals surface area contributed by atoms with E-state index in [4.69, 9.17) is 0 Å². The lowest BCUT2D eigenvalue weighted by atomic mass is 10.2. The van der Waals surface area contributed by atoms with E-state index in [9.17, 15) is 0 Å². The van der Waals surface area contributed by atoms with Crippen LogP contribution in [0.3, 0.4) is 0 Å². The molecule has 3 aromatic rings. The summed E-state index contributed by atoms with van der Waals surface area (Å²) in [6.45, 7) is 0.749. The monoisotopic (exact) mass is 313 g/mol. The van der Waals surface area contributed by atoms with Gasteiger partial charge in [-0.2, -0.15) is 0 Å². The average molecular weight is 314 g/mol. The first-order valence-electron chi connectivity index (χ1n) is 6.01. The van der Waals surface area contributed by atoms with E-state index in [0.717, 1.165) is 27.7 Å². The van der Waals surface area contributed by atoms with Gasteiger partial charge in [-0.25, -0.2) is 9.97 Å². The molecule has 1 aromatic heterocycles. The van der Waals surface area contributed by atoms with Crippen LogP contribution in [0.2, 0.25) is 0 Å². The Kier molecular flexibility index (Phi) is 3.42. The number of halogens is 1. The maximum absolute atomic E-state index is 4.32. The van der Waals surface area contributed by atoms with Crippen molar-refractivity contribution in [2.75, 3.05) is 5.32 Å². The van der Waals surface area contributed by atoms with Crippen LogP contribution in [-0.4, -0.2) is 9.97 Å². The van der Waals surface area contributed by atoms with Crippen molar-refractivity contribution in [3.63, 3.8) is 0 Å². The van der Waals surface area contributed by atoms with Crippen LogP contribution in [0, 0.1) is 0 Å². The third-order valence-electron chi connectivity index (χ3n) is 2.90. The highest BCUT2D eigenvalue weighted by Gasteiger charge is 2.03. The van der Waals surface area contributed by atoms with E-state index in [-0.39, 0.29) is 0 Å². The fourth-order valence-electron chi connectivity index (χ4n) is 1.95. The number of fused-ring (bicyclic) bond motifs is 1. The Labute approximate surface area is 119 Å². The molecule has 0 spiro atoms. The number of anilines is 1. The second kappa shape index (κ2) is 5.36. The summed E-state index contributed by atoms with van der Waals surface area (Å²) < 4.78 is 1.03. The van der Waals surface area contributed by atoms with Crippen molar-refractivity contribution in [1.82, 2.24) is 9.97 Å². The molecule has 19 heavy (non-hydrogen) atoms. The van der Waals surface area contributed by atoms with Gasteiger partial charge in [0.2, 0.25) is 0 Å². The number of nitrogens with zero attached hydrogens (tertiary/aromatic N) is 2. The summed E-state index contributed by atoms with van der Waals surface area (Å²) in [6, 6.07) is 16.3. The molecule has 0 unspecified atom stereocenters. The molecule has 3 rings (SSSR count). The highest BCUT2D eigenvalue weighted by atomic mass is 79.9. The molecule has 3 nitrogen and oxygen atoms in total. The molecule has 0 saturated carbocycles. The van der Waals surface area contributed by atoms with Gasteiger partial charge in [-0.3, -0.25) is 0 Å². The van der Waals surface area contributed by atoms with E-state index in [2.05, 4.69) is 43.3 Å². The normalized spacial score (nSPS) is 10.6. The lowest BCUT2D eigenvalue weighted by molar-refractivity contribution is 1.10. The molecule has 0 aliphatic rings. The third kappa shape index (κ3) is 2.74. The van der Waals surface area contributed by atoms with Crippen LogP contribution >= 0.6 is 15.9 Å². The fourth-order valence-corrected chi connectivity index (χ4v) is 2.31. The second-order valence-corrected chi connectivity index (χ2v) is 5.14. The van der Waals surface area contributed by atoms with E-state index in [1.807, 2.05) is 36.4 Å². The topological polar surface area (TPSA) is 37.8 Å².